The Hall–Kier alpha value is -3.60. The number of amides is 1. The lowest BCUT2D eigenvalue weighted by molar-refractivity contribution is -0.149. The Balaban J connectivity index is 1.40. The number of nitrogens with zero attached hydrogens (tertiary/aromatic N) is 1. The molecule has 11 heteroatoms. The molecule has 0 radical (unpaired) electrons. The molecule has 2 N–H and O–H groups in total. The molecule has 2 aromatic rings. The second kappa shape index (κ2) is 10.8. The third-order valence-electron chi connectivity index (χ3n) is 4.50. The fraction of sp³-hybridized carbons (Fsp3) is 0.318. The van der Waals surface area contributed by atoms with E-state index in [-0.39, 0.29) is 23.9 Å². The first kappa shape index (κ1) is 24.1. The van der Waals surface area contributed by atoms with Gasteiger partial charge >= 0.3 is 5.97 Å². The Morgan fingerprint density at radius 3 is 2.42 bits per heavy atom. The standard InChI is InChI=1S/C22H25N3O7S/c1-3-30-16-8-10-17(11-9-16)31-13-12-23-20(26)14-32-22(27)15(2)24-21-18-6-4-5-7-19(18)33(28,29)25-21/h4-11,15H,3,12-14H2,1-2H3,(H,23,26)(H,24,25). The number of aliphatic imine (C=N–C) groups is 1. The van der Waals surface area contributed by atoms with Crippen molar-refractivity contribution in [2.75, 3.05) is 26.4 Å². The minimum atomic E-state index is -3.70. The van der Waals surface area contributed by atoms with Crippen LogP contribution in [0, 0.1) is 0 Å². The van der Waals surface area contributed by atoms with Crippen molar-refractivity contribution in [3.8, 4) is 11.5 Å². The predicted octanol–water partition coefficient (Wildman–Crippen LogP) is 1.25. The number of hydrogen-bond acceptors (Lipinski definition) is 8. The van der Waals surface area contributed by atoms with Crippen molar-refractivity contribution < 1.29 is 32.2 Å². The lowest BCUT2D eigenvalue weighted by atomic mass is 10.2. The van der Waals surface area contributed by atoms with Crippen molar-refractivity contribution in [1.29, 1.82) is 0 Å². The highest BCUT2D eigenvalue weighted by molar-refractivity contribution is 7.90. The molecular weight excluding hydrogens is 450 g/mol. The number of carbonyl (C=O) groups excluding carboxylic acids is 2. The zero-order chi connectivity index (χ0) is 23.8. The molecule has 1 aliphatic heterocycles. The van der Waals surface area contributed by atoms with E-state index in [9.17, 15) is 18.0 Å². The Labute approximate surface area is 192 Å². The van der Waals surface area contributed by atoms with Crippen molar-refractivity contribution in [3.05, 3.63) is 54.1 Å². The molecular formula is C22H25N3O7S. The fourth-order valence-corrected chi connectivity index (χ4v) is 4.18. The Morgan fingerprint density at radius 2 is 1.73 bits per heavy atom. The van der Waals surface area contributed by atoms with E-state index >= 15 is 0 Å². The molecule has 0 fully saturated rings. The molecule has 2 aromatic carbocycles. The highest BCUT2D eigenvalue weighted by atomic mass is 32.2. The van der Waals surface area contributed by atoms with Gasteiger partial charge in [-0.15, -0.1) is 0 Å². The normalized spacial score (nSPS) is 15.8. The summed E-state index contributed by atoms with van der Waals surface area (Å²) in [5, 5.41) is 2.58. The molecule has 0 bridgehead atoms. The highest BCUT2D eigenvalue weighted by Gasteiger charge is 2.31. The van der Waals surface area contributed by atoms with Crippen LogP contribution in [0.15, 0.2) is 58.4 Å². The molecule has 3 rings (SSSR count). The molecule has 1 unspecified atom stereocenters. The molecule has 1 aliphatic rings. The molecule has 0 spiro atoms. The minimum absolute atomic E-state index is 0.0611. The van der Waals surface area contributed by atoms with Gasteiger partial charge in [-0.3, -0.25) is 14.5 Å². The SMILES string of the molecule is CCOc1ccc(OCCNC(=O)COC(=O)C(C)N=C2NS(=O)(=O)c3ccccc32)cc1. The number of benzene rings is 2. The maximum absolute atomic E-state index is 12.2. The third-order valence-corrected chi connectivity index (χ3v) is 5.90. The summed E-state index contributed by atoms with van der Waals surface area (Å²) in [4.78, 5) is 28.3. The van der Waals surface area contributed by atoms with Crippen LogP contribution in [0.4, 0.5) is 0 Å². The van der Waals surface area contributed by atoms with Gasteiger partial charge in [0.2, 0.25) is 0 Å². The van der Waals surface area contributed by atoms with Crippen LogP contribution in [0.1, 0.15) is 19.4 Å². The number of esters is 1. The Bertz CT molecular complexity index is 1130. The smallest absolute Gasteiger partial charge is 0.331 e. The summed E-state index contributed by atoms with van der Waals surface area (Å²) in [6.07, 6.45) is 0. The average molecular weight is 476 g/mol. The van der Waals surface area contributed by atoms with E-state index in [1.807, 2.05) is 6.92 Å². The van der Waals surface area contributed by atoms with Crippen molar-refractivity contribution in [3.63, 3.8) is 0 Å². The zero-order valence-corrected chi connectivity index (χ0v) is 19.1. The average Bonchev–Trinajstić information content (AvgIpc) is 3.06. The summed E-state index contributed by atoms with van der Waals surface area (Å²) in [7, 11) is -3.70. The van der Waals surface area contributed by atoms with Crippen LogP contribution in [0.5, 0.6) is 11.5 Å². The molecule has 1 atom stereocenters. The van der Waals surface area contributed by atoms with E-state index in [1.54, 1.807) is 42.5 Å². The van der Waals surface area contributed by atoms with Crippen LogP contribution in [0.2, 0.25) is 0 Å². The first-order chi connectivity index (χ1) is 15.8. The van der Waals surface area contributed by atoms with E-state index in [0.717, 1.165) is 5.75 Å². The van der Waals surface area contributed by atoms with E-state index in [4.69, 9.17) is 14.2 Å². The predicted molar refractivity (Wildman–Crippen MR) is 120 cm³/mol. The first-order valence-corrected chi connectivity index (χ1v) is 11.8. The first-order valence-electron chi connectivity index (χ1n) is 10.3. The van der Waals surface area contributed by atoms with Crippen LogP contribution >= 0.6 is 0 Å². The number of rotatable bonds is 10. The van der Waals surface area contributed by atoms with Gasteiger partial charge in [-0.1, -0.05) is 12.1 Å². The van der Waals surface area contributed by atoms with Gasteiger partial charge in [0.25, 0.3) is 15.9 Å². The summed E-state index contributed by atoms with van der Waals surface area (Å²) < 4.78 is 42.4. The van der Waals surface area contributed by atoms with Gasteiger partial charge in [0.15, 0.2) is 6.61 Å². The number of carbonyl (C=O) groups is 2. The molecule has 10 nitrogen and oxygen atoms in total. The van der Waals surface area contributed by atoms with Crippen LogP contribution in [0.25, 0.3) is 0 Å². The molecule has 0 aromatic heterocycles. The van der Waals surface area contributed by atoms with Gasteiger partial charge in [-0.2, -0.15) is 0 Å². The number of ether oxygens (including phenoxy) is 3. The molecule has 0 aliphatic carbocycles. The van der Waals surface area contributed by atoms with Crippen LogP contribution in [-0.4, -0.2) is 58.5 Å². The molecule has 1 amide bonds. The minimum Gasteiger partial charge on any atom is -0.494 e. The van der Waals surface area contributed by atoms with E-state index < -0.39 is 34.5 Å². The van der Waals surface area contributed by atoms with Gasteiger partial charge in [0.1, 0.15) is 30.0 Å². The van der Waals surface area contributed by atoms with Crippen LogP contribution < -0.4 is 19.5 Å². The van der Waals surface area contributed by atoms with Crippen molar-refractivity contribution in [2.24, 2.45) is 4.99 Å². The summed E-state index contributed by atoms with van der Waals surface area (Å²) in [5.41, 5.74) is 0.377. The Morgan fingerprint density at radius 1 is 1.06 bits per heavy atom. The maximum atomic E-state index is 12.2. The van der Waals surface area contributed by atoms with Gasteiger partial charge < -0.3 is 19.5 Å². The van der Waals surface area contributed by atoms with Crippen molar-refractivity contribution >= 4 is 27.7 Å². The second-order valence-electron chi connectivity index (χ2n) is 6.97. The number of nitrogens with one attached hydrogen (secondary N) is 2. The summed E-state index contributed by atoms with van der Waals surface area (Å²) in [6.45, 7) is 3.90. The number of sulfonamides is 1. The zero-order valence-electron chi connectivity index (χ0n) is 18.2. The van der Waals surface area contributed by atoms with Gasteiger partial charge in [0.05, 0.1) is 18.0 Å². The van der Waals surface area contributed by atoms with Crippen LogP contribution in [-0.2, 0) is 24.3 Å². The number of fused-ring (bicyclic) bond motifs is 1. The summed E-state index contributed by atoms with van der Waals surface area (Å²) in [6, 6.07) is 12.4. The highest BCUT2D eigenvalue weighted by Crippen LogP contribution is 2.22. The summed E-state index contributed by atoms with van der Waals surface area (Å²) >= 11 is 0. The van der Waals surface area contributed by atoms with E-state index in [2.05, 4.69) is 15.0 Å². The lowest BCUT2D eigenvalue weighted by Gasteiger charge is -2.10. The van der Waals surface area contributed by atoms with Crippen LogP contribution in [0.3, 0.4) is 0 Å². The molecule has 1 heterocycles. The number of hydrogen-bond donors (Lipinski definition) is 2. The lowest BCUT2D eigenvalue weighted by Crippen LogP contribution is -2.33. The van der Waals surface area contributed by atoms with Gasteiger partial charge in [-0.25, -0.2) is 13.2 Å². The quantitative estimate of drug-likeness (QED) is 0.390. The summed E-state index contributed by atoms with van der Waals surface area (Å²) in [5.74, 6) is 0.188. The topological polar surface area (TPSA) is 132 Å². The molecule has 176 valence electrons. The molecule has 33 heavy (non-hydrogen) atoms. The van der Waals surface area contributed by atoms with Crippen molar-refractivity contribution in [2.45, 2.75) is 24.8 Å². The van der Waals surface area contributed by atoms with Crippen molar-refractivity contribution in [1.82, 2.24) is 10.0 Å². The fourth-order valence-electron chi connectivity index (χ4n) is 2.94. The van der Waals surface area contributed by atoms with Gasteiger partial charge in [0, 0.05) is 5.56 Å². The number of amidine groups is 1. The van der Waals surface area contributed by atoms with E-state index in [0.29, 0.717) is 17.9 Å². The van der Waals surface area contributed by atoms with Gasteiger partial charge in [-0.05, 0) is 50.2 Å². The monoisotopic (exact) mass is 475 g/mol. The Kier molecular flexibility index (Phi) is 7.88. The maximum Gasteiger partial charge on any atom is 0.331 e. The van der Waals surface area contributed by atoms with E-state index in [1.165, 1.54) is 13.0 Å². The second-order valence-corrected chi connectivity index (χ2v) is 8.62. The largest absolute Gasteiger partial charge is 0.494 e. The third kappa shape index (κ3) is 6.45. The molecule has 0 saturated carbocycles. The molecule has 0 saturated heterocycles.